The Labute approximate surface area is 139 Å². The molecule has 0 unspecified atom stereocenters. The van der Waals surface area contributed by atoms with Gasteiger partial charge in [-0.3, -0.25) is 9.59 Å². The van der Waals surface area contributed by atoms with Gasteiger partial charge in [-0.25, -0.2) is 0 Å². The highest BCUT2D eigenvalue weighted by molar-refractivity contribution is 6.40. The fourth-order valence-electron chi connectivity index (χ4n) is 2.93. The van der Waals surface area contributed by atoms with Gasteiger partial charge in [0.25, 0.3) is 0 Å². The maximum absolute atomic E-state index is 12.5. The van der Waals surface area contributed by atoms with Crippen molar-refractivity contribution in [2.45, 2.75) is 44.6 Å². The Bertz CT molecular complexity index is 588. The van der Waals surface area contributed by atoms with Crippen LogP contribution < -0.4 is 10.6 Å². The molecule has 0 saturated heterocycles. The molecule has 1 aromatic carbocycles. The lowest BCUT2D eigenvalue weighted by Crippen LogP contribution is -2.43. The van der Waals surface area contributed by atoms with Gasteiger partial charge in [-0.1, -0.05) is 42.1 Å². The molecule has 0 heterocycles. The van der Waals surface area contributed by atoms with Crippen molar-refractivity contribution >= 4 is 40.7 Å². The van der Waals surface area contributed by atoms with Gasteiger partial charge in [0.1, 0.15) is 5.41 Å². The number of carbonyl (C=O) groups is 2. The van der Waals surface area contributed by atoms with Crippen LogP contribution in [0, 0.1) is 5.41 Å². The summed E-state index contributed by atoms with van der Waals surface area (Å²) in [6.07, 6.45) is 5.41. The third-order valence-electron chi connectivity index (χ3n) is 4.51. The highest BCUT2D eigenvalue weighted by Crippen LogP contribution is 2.47. The molecule has 0 aliphatic heterocycles. The van der Waals surface area contributed by atoms with E-state index in [0.29, 0.717) is 28.6 Å². The number of benzene rings is 1. The molecule has 0 spiro atoms. The minimum atomic E-state index is -0.953. The van der Waals surface area contributed by atoms with Crippen LogP contribution in [-0.2, 0) is 9.59 Å². The number of para-hydroxylation sites is 1. The number of carbonyl (C=O) groups excluding carboxylic acids is 2. The molecule has 0 atom stereocenters. The molecule has 1 aromatic rings. The quantitative estimate of drug-likeness (QED) is 0.819. The molecule has 2 fully saturated rings. The third-order valence-corrected chi connectivity index (χ3v) is 5.14. The summed E-state index contributed by atoms with van der Waals surface area (Å²) in [5.41, 5.74) is -0.582. The van der Waals surface area contributed by atoms with Crippen LogP contribution in [0.4, 0.5) is 5.69 Å². The summed E-state index contributed by atoms with van der Waals surface area (Å²) in [5, 5.41) is 6.47. The second-order valence-electron chi connectivity index (χ2n) is 6.09. The highest BCUT2D eigenvalue weighted by Gasteiger charge is 2.57. The van der Waals surface area contributed by atoms with E-state index in [1.54, 1.807) is 18.2 Å². The van der Waals surface area contributed by atoms with E-state index >= 15 is 0 Å². The smallest absolute Gasteiger partial charge is 0.240 e. The average Bonchev–Trinajstić information content (AvgIpc) is 3.15. The zero-order valence-corrected chi connectivity index (χ0v) is 13.6. The summed E-state index contributed by atoms with van der Waals surface area (Å²) in [5.74, 6) is -0.488. The molecule has 3 rings (SSSR count). The standard InChI is InChI=1S/C16H18Cl2N2O2/c17-11-6-3-7-12(18)13(11)20-15(22)16(8-9-16)14(21)19-10-4-1-2-5-10/h3,6-7,10H,1-2,4-5,8-9H2,(H,19,21)(H,20,22). The zero-order chi connectivity index (χ0) is 15.7. The first-order valence-corrected chi connectivity index (χ1v) is 8.35. The van der Waals surface area contributed by atoms with Gasteiger partial charge in [-0.05, 0) is 37.8 Å². The number of nitrogens with one attached hydrogen (secondary N) is 2. The molecule has 2 aliphatic carbocycles. The second kappa shape index (κ2) is 6.09. The van der Waals surface area contributed by atoms with Crippen LogP contribution in [-0.4, -0.2) is 17.9 Å². The summed E-state index contributed by atoms with van der Waals surface area (Å²) >= 11 is 12.1. The number of hydrogen-bond donors (Lipinski definition) is 2. The average molecular weight is 341 g/mol. The van der Waals surface area contributed by atoms with Crippen LogP contribution in [0.2, 0.25) is 10.0 Å². The summed E-state index contributed by atoms with van der Waals surface area (Å²) < 4.78 is 0. The lowest BCUT2D eigenvalue weighted by atomic mass is 10.0. The SMILES string of the molecule is O=C(Nc1c(Cl)cccc1Cl)C1(C(=O)NC2CCCC2)CC1. The number of anilines is 1. The Kier molecular flexibility index (Phi) is 4.33. The third kappa shape index (κ3) is 2.95. The largest absolute Gasteiger partial charge is 0.352 e. The summed E-state index contributed by atoms with van der Waals surface area (Å²) in [7, 11) is 0. The summed E-state index contributed by atoms with van der Waals surface area (Å²) in [6.45, 7) is 0. The van der Waals surface area contributed by atoms with Crippen molar-refractivity contribution in [2.75, 3.05) is 5.32 Å². The Morgan fingerprint density at radius 3 is 2.18 bits per heavy atom. The number of halogens is 2. The Hall–Kier alpha value is -1.26. The fraction of sp³-hybridized carbons (Fsp3) is 0.500. The van der Waals surface area contributed by atoms with Crippen LogP contribution in [0.1, 0.15) is 38.5 Å². The van der Waals surface area contributed by atoms with E-state index in [1.165, 1.54) is 0 Å². The first kappa shape index (κ1) is 15.6. The van der Waals surface area contributed by atoms with Gasteiger partial charge < -0.3 is 10.6 Å². The van der Waals surface area contributed by atoms with Gasteiger partial charge in [0.05, 0.1) is 15.7 Å². The zero-order valence-electron chi connectivity index (χ0n) is 12.1. The van der Waals surface area contributed by atoms with E-state index in [9.17, 15) is 9.59 Å². The molecule has 22 heavy (non-hydrogen) atoms. The molecule has 118 valence electrons. The van der Waals surface area contributed by atoms with Crippen molar-refractivity contribution in [3.05, 3.63) is 28.2 Å². The Balaban J connectivity index is 1.69. The normalized spacial score (nSPS) is 19.7. The van der Waals surface area contributed by atoms with E-state index in [-0.39, 0.29) is 17.9 Å². The predicted molar refractivity (Wildman–Crippen MR) is 87.2 cm³/mol. The van der Waals surface area contributed by atoms with Crippen LogP contribution in [0.25, 0.3) is 0 Å². The fourth-order valence-corrected chi connectivity index (χ4v) is 3.42. The van der Waals surface area contributed by atoms with E-state index < -0.39 is 5.41 Å². The van der Waals surface area contributed by atoms with Crippen LogP contribution in [0.15, 0.2) is 18.2 Å². The second-order valence-corrected chi connectivity index (χ2v) is 6.90. The van der Waals surface area contributed by atoms with Gasteiger partial charge in [0.15, 0.2) is 0 Å². The maximum Gasteiger partial charge on any atom is 0.240 e. The number of hydrogen-bond acceptors (Lipinski definition) is 2. The monoisotopic (exact) mass is 340 g/mol. The van der Waals surface area contributed by atoms with Crippen LogP contribution in [0.5, 0.6) is 0 Å². The predicted octanol–water partition coefficient (Wildman–Crippen LogP) is 3.77. The molecule has 0 bridgehead atoms. The minimum absolute atomic E-state index is 0.167. The molecule has 2 aliphatic rings. The van der Waals surface area contributed by atoms with Crippen molar-refractivity contribution in [3.63, 3.8) is 0 Å². The van der Waals surface area contributed by atoms with Gasteiger partial charge in [-0.2, -0.15) is 0 Å². The van der Waals surface area contributed by atoms with E-state index in [2.05, 4.69) is 10.6 Å². The van der Waals surface area contributed by atoms with E-state index in [4.69, 9.17) is 23.2 Å². The molecule has 0 radical (unpaired) electrons. The van der Waals surface area contributed by atoms with Gasteiger partial charge in [0.2, 0.25) is 11.8 Å². The van der Waals surface area contributed by atoms with Gasteiger partial charge in [-0.15, -0.1) is 0 Å². The molecule has 6 heteroatoms. The molecule has 0 aromatic heterocycles. The Morgan fingerprint density at radius 2 is 1.64 bits per heavy atom. The number of rotatable bonds is 4. The molecule has 2 saturated carbocycles. The molecule has 4 nitrogen and oxygen atoms in total. The molecular weight excluding hydrogens is 323 g/mol. The van der Waals surface area contributed by atoms with Crippen molar-refractivity contribution in [2.24, 2.45) is 5.41 Å². The van der Waals surface area contributed by atoms with Crippen LogP contribution >= 0.6 is 23.2 Å². The minimum Gasteiger partial charge on any atom is -0.352 e. The number of amides is 2. The van der Waals surface area contributed by atoms with E-state index in [0.717, 1.165) is 25.7 Å². The topological polar surface area (TPSA) is 58.2 Å². The highest BCUT2D eigenvalue weighted by atomic mass is 35.5. The Morgan fingerprint density at radius 1 is 1.05 bits per heavy atom. The van der Waals surface area contributed by atoms with Gasteiger partial charge in [0, 0.05) is 6.04 Å². The molecule has 2 amide bonds. The van der Waals surface area contributed by atoms with Crippen LogP contribution in [0.3, 0.4) is 0 Å². The summed E-state index contributed by atoms with van der Waals surface area (Å²) in [4.78, 5) is 25.0. The molecule has 2 N–H and O–H groups in total. The van der Waals surface area contributed by atoms with Crippen molar-refractivity contribution in [3.8, 4) is 0 Å². The van der Waals surface area contributed by atoms with Crippen molar-refractivity contribution in [1.82, 2.24) is 5.32 Å². The maximum atomic E-state index is 12.5. The van der Waals surface area contributed by atoms with Crippen molar-refractivity contribution in [1.29, 1.82) is 0 Å². The first-order chi connectivity index (χ1) is 10.5. The first-order valence-electron chi connectivity index (χ1n) is 7.59. The molecular formula is C16H18Cl2N2O2. The lowest BCUT2D eigenvalue weighted by molar-refractivity contribution is -0.134. The van der Waals surface area contributed by atoms with E-state index in [1.807, 2.05) is 0 Å². The summed E-state index contributed by atoms with van der Waals surface area (Å²) in [6, 6.07) is 5.23. The lowest BCUT2D eigenvalue weighted by Gasteiger charge is -2.19. The van der Waals surface area contributed by atoms with Crippen molar-refractivity contribution < 1.29 is 9.59 Å². The van der Waals surface area contributed by atoms with Gasteiger partial charge >= 0.3 is 0 Å².